The van der Waals surface area contributed by atoms with Crippen molar-refractivity contribution in [2.45, 2.75) is 32.1 Å². The Morgan fingerprint density at radius 3 is 2.43 bits per heavy atom. The first-order valence-corrected chi connectivity index (χ1v) is 8.86. The summed E-state index contributed by atoms with van der Waals surface area (Å²) in [5, 5.41) is 1.09. The van der Waals surface area contributed by atoms with Gasteiger partial charge in [-0.25, -0.2) is 0 Å². The molecule has 0 aliphatic carbocycles. The van der Waals surface area contributed by atoms with E-state index in [0.29, 0.717) is 0 Å². The highest BCUT2D eigenvalue weighted by Gasteiger charge is 2.28. The maximum atomic E-state index is 13.1. The number of fused-ring (bicyclic) bond motifs is 1. The molecule has 0 bridgehead atoms. The minimum absolute atomic E-state index is 0.152. The molecule has 1 aliphatic rings. The number of hydrogen-bond acceptors (Lipinski definition) is 3. The van der Waals surface area contributed by atoms with E-state index in [9.17, 15) is 4.79 Å². The predicted molar refractivity (Wildman–Crippen MR) is 98.1 cm³/mol. The molecular formula is C20H21NOS. The largest absolute Gasteiger partial charge is 0.335 e. The van der Waals surface area contributed by atoms with Crippen molar-refractivity contribution in [3.05, 3.63) is 70.3 Å². The zero-order valence-corrected chi connectivity index (χ0v) is 14.6. The summed E-state index contributed by atoms with van der Waals surface area (Å²) in [5.41, 5.74) is 3.96. The van der Waals surface area contributed by atoms with E-state index in [1.165, 1.54) is 10.6 Å². The molecule has 0 N–H and O–H groups in total. The molecule has 3 heteroatoms. The summed E-state index contributed by atoms with van der Waals surface area (Å²) in [6.45, 7) is 7.06. The van der Waals surface area contributed by atoms with Crippen molar-refractivity contribution >= 4 is 23.2 Å². The summed E-state index contributed by atoms with van der Waals surface area (Å²) < 4.78 is 0. The molecule has 0 saturated heterocycles. The van der Waals surface area contributed by atoms with E-state index in [4.69, 9.17) is 0 Å². The molecule has 2 aromatic carbocycles. The van der Waals surface area contributed by atoms with Gasteiger partial charge >= 0.3 is 0 Å². The number of benzene rings is 2. The lowest BCUT2D eigenvalue weighted by atomic mass is 9.98. The van der Waals surface area contributed by atoms with Crippen LogP contribution in [0.4, 0.5) is 5.69 Å². The molecule has 0 fully saturated rings. The fourth-order valence-corrected chi connectivity index (χ4v) is 4.31. The van der Waals surface area contributed by atoms with Crippen LogP contribution in [0, 0.1) is 6.92 Å². The maximum Gasteiger partial charge on any atom is 0.191 e. The monoisotopic (exact) mass is 323 g/mol. The van der Waals surface area contributed by atoms with Gasteiger partial charge in [-0.05, 0) is 38.0 Å². The fraction of sp³-hybridized carbons (Fsp3) is 0.250. The topological polar surface area (TPSA) is 20.3 Å². The maximum absolute atomic E-state index is 13.1. The third kappa shape index (κ3) is 2.81. The van der Waals surface area contributed by atoms with Crippen molar-refractivity contribution in [2.75, 3.05) is 11.4 Å². The van der Waals surface area contributed by atoms with Gasteiger partial charge in [0.25, 0.3) is 0 Å². The summed E-state index contributed by atoms with van der Waals surface area (Å²) in [6, 6.07) is 16.2. The lowest BCUT2D eigenvalue weighted by molar-refractivity contribution is 0.103. The van der Waals surface area contributed by atoms with E-state index >= 15 is 0 Å². The van der Waals surface area contributed by atoms with Crippen molar-refractivity contribution in [3.8, 4) is 0 Å². The predicted octanol–water partition coefficient (Wildman–Crippen LogP) is 5.43. The molecule has 2 nitrogen and oxygen atoms in total. The molecule has 23 heavy (non-hydrogen) atoms. The van der Waals surface area contributed by atoms with Crippen LogP contribution in [0.25, 0.3) is 0 Å². The molecular weight excluding hydrogens is 302 g/mol. The normalized spacial score (nSPS) is 15.5. The van der Waals surface area contributed by atoms with E-state index in [0.717, 1.165) is 34.7 Å². The molecule has 1 heterocycles. The first-order chi connectivity index (χ1) is 11.2. The van der Waals surface area contributed by atoms with Gasteiger partial charge in [-0.2, -0.15) is 0 Å². The Kier molecular flexibility index (Phi) is 4.58. The number of hydrogen-bond donors (Lipinski definition) is 0. The number of Topliss-reactive ketones (excluding diaryl/α,β-unsaturated/α-hetero) is 1. The summed E-state index contributed by atoms with van der Waals surface area (Å²) in [7, 11) is 0. The Morgan fingerprint density at radius 1 is 1.04 bits per heavy atom. The summed E-state index contributed by atoms with van der Waals surface area (Å²) in [4.78, 5) is 16.6. The van der Waals surface area contributed by atoms with Crippen LogP contribution in [0.15, 0.2) is 64.0 Å². The van der Waals surface area contributed by atoms with Crippen LogP contribution in [0.1, 0.15) is 36.2 Å². The van der Waals surface area contributed by atoms with Gasteiger partial charge < -0.3 is 4.90 Å². The molecule has 0 atom stereocenters. The van der Waals surface area contributed by atoms with Gasteiger partial charge in [0.05, 0.1) is 10.7 Å². The first-order valence-electron chi connectivity index (χ1n) is 8.05. The van der Waals surface area contributed by atoms with Crippen molar-refractivity contribution in [1.82, 2.24) is 0 Å². The molecule has 0 amide bonds. The highest BCUT2D eigenvalue weighted by molar-refractivity contribution is 8.03. The molecule has 2 aromatic rings. The number of ketones is 1. The smallest absolute Gasteiger partial charge is 0.191 e. The molecule has 0 unspecified atom stereocenters. The zero-order chi connectivity index (χ0) is 16.4. The summed E-state index contributed by atoms with van der Waals surface area (Å²) >= 11 is 1.72. The third-order valence-electron chi connectivity index (χ3n) is 4.20. The van der Waals surface area contributed by atoms with Gasteiger partial charge in [0, 0.05) is 22.6 Å². The SMILES string of the molecule is CC/C(C(=O)c1ccccc1C)=C1\Sc2ccccc2N1CC. The van der Waals surface area contributed by atoms with E-state index in [-0.39, 0.29) is 5.78 Å². The Bertz CT molecular complexity index is 779. The second kappa shape index (κ2) is 6.63. The minimum atomic E-state index is 0.152. The Labute approximate surface area is 142 Å². The van der Waals surface area contributed by atoms with Gasteiger partial charge in [-0.1, -0.05) is 55.1 Å². The standard InChI is InChI=1S/C20H21NOS/c1-4-15(19(22)16-11-7-6-10-14(16)3)20-21(5-2)17-12-8-9-13-18(17)23-20/h6-13H,4-5H2,1-3H3/b20-15+. The number of aryl methyl sites for hydroxylation is 1. The van der Waals surface area contributed by atoms with Crippen LogP contribution >= 0.6 is 11.8 Å². The average molecular weight is 323 g/mol. The van der Waals surface area contributed by atoms with Gasteiger partial charge in [0.15, 0.2) is 5.78 Å². The van der Waals surface area contributed by atoms with E-state index in [2.05, 4.69) is 43.0 Å². The fourth-order valence-electron chi connectivity index (χ4n) is 2.97. The van der Waals surface area contributed by atoms with Crippen LogP contribution in [-0.2, 0) is 0 Å². The Morgan fingerprint density at radius 2 is 1.74 bits per heavy atom. The van der Waals surface area contributed by atoms with Gasteiger partial charge in [0.2, 0.25) is 0 Å². The van der Waals surface area contributed by atoms with Gasteiger partial charge in [0.1, 0.15) is 0 Å². The Hall–Kier alpha value is -2.00. The van der Waals surface area contributed by atoms with Crippen molar-refractivity contribution in [2.24, 2.45) is 0 Å². The number of carbonyl (C=O) groups is 1. The van der Waals surface area contributed by atoms with Crippen molar-refractivity contribution in [1.29, 1.82) is 0 Å². The van der Waals surface area contributed by atoms with Gasteiger partial charge in [-0.15, -0.1) is 0 Å². The minimum Gasteiger partial charge on any atom is -0.335 e. The summed E-state index contributed by atoms with van der Waals surface area (Å²) in [6.07, 6.45) is 0.736. The van der Waals surface area contributed by atoms with Gasteiger partial charge in [-0.3, -0.25) is 4.79 Å². The van der Waals surface area contributed by atoms with E-state index in [1.807, 2.05) is 31.2 Å². The van der Waals surface area contributed by atoms with Crippen LogP contribution in [0.3, 0.4) is 0 Å². The highest BCUT2D eigenvalue weighted by atomic mass is 32.2. The zero-order valence-electron chi connectivity index (χ0n) is 13.8. The number of nitrogens with zero attached hydrogens (tertiary/aromatic N) is 1. The number of carbonyl (C=O) groups excluding carboxylic acids is 1. The number of rotatable bonds is 4. The number of anilines is 1. The third-order valence-corrected chi connectivity index (χ3v) is 5.42. The molecule has 0 radical (unpaired) electrons. The highest BCUT2D eigenvalue weighted by Crippen LogP contribution is 2.47. The second-order valence-corrected chi connectivity index (χ2v) is 6.63. The molecule has 3 rings (SSSR count). The number of allylic oxidation sites excluding steroid dienone is 1. The molecule has 0 spiro atoms. The van der Waals surface area contributed by atoms with Crippen LogP contribution in [0.5, 0.6) is 0 Å². The summed E-state index contributed by atoms with van der Waals surface area (Å²) in [5.74, 6) is 0.152. The molecule has 1 aliphatic heterocycles. The molecule has 0 saturated carbocycles. The Balaban J connectivity index is 2.08. The first kappa shape index (κ1) is 15.9. The molecule has 0 aromatic heterocycles. The average Bonchev–Trinajstić information content (AvgIpc) is 2.94. The van der Waals surface area contributed by atoms with Crippen molar-refractivity contribution < 1.29 is 4.79 Å². The van der Waals surface area contributed by atoms with Crippen LogP contribution < -0.4 is 4.90 Å². The van der Waals surface area contributed by atoms with Crippen LogP contribution in [0.2, 0.25) is 0 Å². The lowest BCUT2D eigenvalue weighted by Gasteiger charge is -2.21. The molecule has 118 valence electrons. The van der Waals surface area contributed by atoms with E-state index < -0.39 is 0 Å². The van der Waals surface area contributed by atoms with Crippen LogP contribution in [-0.4, -0.2) is 12.3 Å². The number of thioether (sulfide) groups is 1. The van der Waals surface area contributed by atoms with E-state index in [1.54, 1.807) is 11.8 Å². The number of para-hydroxylation sites is 1. The second-order valence-electron chi connectivity index (χ2n) is 5.60. The quantitative estimate of drug-likeness (QED) is 0.552. The lowest BCUT2D eigenvalue weighted by Crippen LogP contribution is -2.20. The van der Waals surface area contributed by atoms with Crippen molar-refractivity contribution in [3.63, 3.8) is 0 Å².